The molecule has 6 heteroatoms. The predicted octanol–water partition coefficient (Wildman–Crippen LogP) is 2.51. The van der Waals surface area contributed by atoms with Crippen LogP contribution in [0.1, 0.15) is 5.56 Å². The summed E-state index contributed by atoms with van der Waals surface area (Å²) in [6, 6.07) is 15.5. The van der Waals surface area contributed by atoms with Crippen LogP contribution in [-0.4, -0.2) is 44.2 Å². The number of para-hydroxylation sites is 2. The van der Waals surface area contributed by atoms with Gasteiger partial charge in [-0.2, -0.15) is 0 Å². The maximum absolute atomic E-state index is 12.4. The van der Waals surface area contributed by atoms with E-state index in [0.717, 1.165) is 35.8 Å². The Labute approximate surface area is 148 Å². The second-order valence-electron chi connectivity index (χ2n) is 5.98. The van der Waals surface area contributed by atoms with E-state index in [4.69, 9.17) is 10.5 Å². The fraction of sp³-hybridized carbons (Fsp3) is 0.316. The van der Waals surface area contributed by atoms with Crippen molar-refractivity contribution in [3.05, 3.63) is 54.1 Å². The molecule has 1 heterocycles. The Morgan fingerprint density at radius 2 is 1.76 bits per heavy atom. The van der Waals surface area contributed by atoms with Crippen molar-refractivity contribution in [2.75, 3.05) is 43.5 Å². The lowest BCUT2D eigenvalue weighted by atomic mass is 10.2. The summed E-state index contributed by atoms with van der Waals surface area (Å²) >= 11 is 0. The van der Waals surface area contributed by atoms with Crippen molar-refractivity contribution in [2.24, 2.45) is 5.73 Å². The van der Waals surface area contributed by atoms with E-state index in [2.05, 4.69) is 10.2 Å². The number of hydrogen-bond donors (Lipinski definition) is 2. The highest BCUT2D eigenvalue weighted by Gasteiger charge is 2.22. The zero-order valence-electron chi connectivity index (χ0n) is 14.4. The first-order chi connectivity index (χ1) is 12.2. The number of carbonyl (C=O) groups is 1. The molecule has 2 amide bonds. The summed E-state index contributed by atoms with van der Waals surface area (Å²) in [5.74, 6) is 0.861. The zero-order chi connectivity index (χ0) is 17.6. The molecule has 0 bridgehead atoms. The van der Waals surface area contributed by atoms with Crippen molar-refractivity contribution in [1.29, 1.82) is 0 Å². The average Bonchev–Trinajstić information content (AvgIpc) is 2.68. The number of anilines is 2. The lowest BCUT2D eigenvalue weighted by molar-refractivity contribution is 0.208. The number of urea groups is 1. The van der Waals surface area contributed by atoms with Gasteiger partial charge in [-0.05, 0) is 29.8 Å². The van der Waals surface area contributed by atoms with Crippen molar-refractivity contribution in [3.8, 4) is 5.75 Å². The standard InChI is InChI=1S/C19H24N4O2/c1-25-18-5-3-2-4-17(18)22-10-12-23(13-11-22)19(24)21-16-8-6-15(14-20)7-9-16/h2-9H,10-14,20H2,1H3,(H,21,24). The van der Waals surface area contributed by atoms with E-state index in [0.29, 0.717) is 19.6 Å². The molecule has 1 saturated heterocycles. The number of nitrogens with two attached hydrogens (primary N) is 1. The minimum atomic E-state index is -0.0693. The van der Waals surface area contributed by atoms with Crippen LogP contribution < -0.4 is 20.7 Å². The molecule has 0 unspecified atom stereocenters. The molecule has 3 rings (SSSR count). The molecule has 0 radical (unpaired) electrons. The number of rotatable bonds is 4. The molecule has 1 aliphatic heterocycles. The molecule has 1 aliphatic rings. The molecular formula is C19H24N4O2. The van der Waals surface area contributed by atoms with E-state index in [1.807, 2.05) is 53.4 Å². The SMILES string of the molecule is COc1ccccc1N1CCN(C(=O)Nc2ccc(CN)cc2)CC1. The summed E-state index contributed by atoms with van der Waals surface area (Å²) in [7, 11) is 1.68. The van der Waals surface area contributed by atoms with Crippen LogP contribution in [-0.2, 0) is 6.54 Å². The molecule has 0 atom stereocenters. The molecule has 6 nitrogen and oxygen atoms in total. The molecule has 2 aromatic rings. The number of hydrogen-bond acceptors (Lipinski definition) is 4. The summed E-state index contributed by atoms with van der Waals surface area (Å²) in [5.41, 5.74) is 8.49. The smallest absolute Gasteiger partial charge is 0.321 e. The highest BCUT2D eigenvalue weighted by Crippen LogP contribution is 2.28. The van der Waals surface area contributed by atoms with Crippen molar-refractivity contribution in [2.45, 2.75) is 6.54 Å². The van der Waals surface area contributed by atoms with Gasteiger partial charge in [0, 0.05) is 38.4 Å². The van der Waals surface area contributed by atoms with Gasteiger partial charge in [0.2, 0.25) is 0 Å². The third-order valence-corrected chi connectivity index (χ3v) is 4.43. The monoisotopic (exact) mass is 340 g/mol. The molecule has 0 aromatic heterocycles. The minimum Gasteiger partial charge on any atom is -0.495 e. The lowest BCUT2D eigenvalue weighted by Gasteiger charge is -2.36. The van der Waals surface area contributed by atoms with Gasteiger partial charge in [-0.3, -0.25) is 0 Å². The number of nitrogens with one attached hydrogen (secondary N) is 1. The minimum absolute atomic E-state index is 0.0693. The summed E-state index contributed by atoms with van der Waals surface area (Å²) in [5, 5.41) is 2.94. The number of carbonyl (C=O) groups excluding carboxylic acids is 1. The number of amides is 2. The van der Waals surface area contributed by atoms with Crippen LogP contribution in [0.3, 0.4) is 0 Å². The fourth-order valence-corrected chi connectivity index (χ4v) is 2.97. The molecule has 0 aliphatic carbocycles. The Morgan fingerprint density at radius 3 is 2.40 bits per heavy atom. The first-order valence-electron chi connectivity index (χ1n) is 8.44. The summed E-state index contributed by atoms with van der Waals surface area (Å²) in [6.45, 7) is 3.40. The van der Waals surface area contributed by atoms with Gasteiger partial charge in [-0.25, -0.2) is 4.79 Å². The van der Waals surface area contributed by atoms with E-state index in [1.54, 1.807) is 7.11 Å². The molecule has 0 saturated carbocycles. The van der Waals surface area contributed by atoms with Crippen molar-refractivity contribution >= 4 is 17.4 Å². The second-order valence-corrected chi connectivity index (χ2v) is 5.98. The van der Waals surface area contributed by atoms with Gasteiger partial charge >= 0.3 is 6.03 Å². The second kappa shape index (κ2) is 7.90. The predicted molar refractivity (Wildman–Crippen MR) is 100 cm³/mol. The first-order valence-corrected chi connectivity index (χ1v) is 8.44. The Hall–Kier alpha value is -2.73. The normalized spacial score (nSPS) is 14.3. The van der Waals surface area contributed by atoms with E-state index < -0.39 is 0 Å². The molecule has 3 N–H and O–H groups in total. The molecule has 132 valence electrons. The van der Waals surface area contributed by atoms with Crippen molar-refractivity contribution in [1.82, 2.24) is 4.90 Å². The lowest BCUT2D eigenvalue weighted by Crippen LogP contribution is -2.50. The van der Waals surface area contributed by atoms with E-state index in [1.165, 1.54) is 0 Å². The van der Waals surface area contributed by atoms with E-state index in [-0.39, 0.29) is 6.03 Å². The maximum atomic E-state index is 12.4. The molecule has 25 heavy (non-hydrogen) atoms. The average molecular weight is 340 g/mol. The fourth-order valence-electron chi connectivity index (χ4n) is 2.97. The number of nitrogens with zero attached hydrogens (tertiary/aromatic N) is 2. The van der Waals surface area contributed by atoms with Crippen LogP contribution >= 0.6 is 0 Å². The van der Waals surface area contributed by atoms with Crippen molar-refractivity contribution in [3.63, 3.8) is 0 Å². The van der Waals surface area contributed by atoms with Gasteiger partial charge in [-0.1, -0.05) is 24.3 Å². The van der Waals surface area contributed by atoms with Gasteiger partial charge in [0.15, 0.2) is 0 Å². The van der Waals surface area contributed by atoms with Crippen LogP contribution in [0.15, 0.2) is 48.5 Å². The Kier molecular flexibility index (Phi) is 5.40. The third kappa shape index (κ3) is 4.03. The summed E-state index contributed by atoms with van der Waals surface area (Å²) < 4.78 is 5.43. The Balaban J connectivity index is 1.57. The molecule has 0 spiro atoms. The van der Waals surface area contributed by atoms with Gasteiger partial charge < -0.3 is 25.6 Å². The highest BCUT2D eigenvalue weighted by molar-refractivity contribution is 5.89. The van der Waals surface area contributed by atoms with Crippen LogP contribution in [0, 0.1) is 0 Å². The maximum Gasteiger partial charge on any atom is 0.321 e. The third-order valence-electron chi connectivity index (χ3n) is 4.43. The van der Waals surface area contributed by atoms with Crippen LogP contribution in [0.25, 0.3) is 0 Å². The quantitative estimate of drug-likeness (QED) is 0.897. The molecule has 2 aromatic carbocycles. The first kappa shape index (κ1) is 17.1. The van der Waals surface area contributed by atoms with Crippen LogP contribution in [0.2, 0.25) is 0 Å². The number of benzene rings is 2. The number of piperazine rings is 1. The molecular weight excluding hydrogens is 316 g/mol. The van der Waals surface area contributed by atoms with E-state index >= 15 is 0 Å². The van der Waals surface area contributed by atoms with E-state index in [9.17, 15) is 4.79 Å². The summed E-state index contributed by atoms with van der Waals surface area (Å²) in [4.78, 5) is 16.5. The van der Waals surface area contributed by atoms with Gasteiger partial charge in [0.25, 0.3) is 0 Å². The number of methoxy groups -OCH3 is 1. The van der Waals surface area contributed by atoms with Gasteiger partial charge in [0.05, 0.1) is 12.8 Å². The Morgan fingerprint density at radius 1 is 1.08 bits per heavy atom. The molecule has 1 fully saturated rings. The highest BCUT2D eigenvalue weighted by atomic mass is 16.5. The Bertz CT molecular complexity index is 710. The van der Waals surface area contributed by atoms with Gasteiger partial charge in [0.1, 0.15) is 5.75 Å². The zero-order valence-corrected chi connectivity index (χ0v) is 14.4. The number of ether oxygens (including phenoxy) is 1. The topological polar surface area (TPSA) is 70.8 Å². The van der Waals surface area contributed by atoms with Crippen LogP contribution in [0.4, 0.5) is 16.2 Å². The van der Waals surface area contributed by atoms with Crippen molar-refractivity contribution < 1.29 is 9.53 Å². The largest absolute Gasteiger partial charge is 0.495 e. The summed E-state index contributed by atoms with van der Waals surface area (Å²) in [6.07, 6.45) is 0. The van der Waals surface area contributed by atoms with Gasteiger partial charge in [-0.15, -0.1) is 0 Å². The van der Waals surface area contributed by atoms with Crippen LogP contribution in [0.5, 0.6) is 5.75 Å².